The van der Waals surface area contributed by atoms with Gasteiger partial charge in [-0.25, -0.2) is 0 Å². The predicted molar refractivity (Wildman–Crippen MR) is 83.0 cm³/mol. The van der Waals surface area contributed by atoms with Gasteiger partial charge in [0.25, 0.3) is 5.91 Å². The highest BCUT2D eigenvalue weighted by Crippen LogP contribution is 2.19. The Labute approximate surface area is 121 Å². The number of ether oxygens (including phenoxy) is 1. The lowest BCUT2D eigenvalue weighted by Gasteiger charge is -2.15. The molecule has 0 spiro atoms. The Morgan fingerprint density at radius 3 is 2.60 bits per heavy atom. The standard InChI is InChI=1S/C16H26N2O2/c1-11(2)6-5-7-12(3)18-16(19)14-10-13(20-4)8-9-15(14)17/h8-12H,5-7,17H2,1-4H3,(H,18,19). The van der Waals surface area contributed by atoms with Crippen LogP contribution in [0.25, 0.3) is 0 Å². The topological polar surface area (TPSA) is 64.3 Å². The summed E-state index contributed by atoms with van der Waals surface area (Å²) in [5.41, 5.74) is 6.79. The molecule has 0 heterocycles. The molecule has 1 rings (SSSR count). The van der Waals surface area contributed by atoms with Gasteiger partial charge < -0.3 is 15.8 Å². The van der Waals surface area contributed by atoms with Crippen molar-refractivity contribution in [3.8, 4) is 5.75 Å². The number of nitrogen functional groups attached to an aromatic ring is 1. The summed E-state index contributed by atoms with van der Waals surface area (Å²) in [7, 11) is 1.57. The van der Waals surface area contributed by atoms with Crippen molar-refractivity contribution in [3.63, 3.8) is 0 Å². The SMILES string of the molecule is COc1ccc(N)c(C(=O)NC(C)CCCC(C)C)c1. The molecule has 0 aliphatic rings. The van der Waals surface area contributed by atoms with Crippen LogP contribution in [0.2, 0.25) is 0 Å². The highest BCUT2D eigenvalue weighted by atomic mass is 16.5. The lowest BCUT2D eigenvalue weighted by molar-refractivity contribution is 0.0938. The van der Waals surface area contributed by atoms with E-state index in [0.717, 1.165) is 12.8 Å². The molecule has 1 atom stereocenters. The third-order valence-electron chi connectivity index (χ3n) is 3.30. The summed E-state index contributed by atoms with van der Waals surface area (Å²) in [6, 6.07) is 5.26. The van der Waals surface area contributed by atoms with Crippen LogP contribution < -0.4 is 15.8 Å². The molecule has 4 heteroatoms. The first-order valence-electron chi connectivity index (χ1n) is 7.18. The fraction of sp³-hybridized carbons (Fsp3) is 0.562. The first-order chi connectivity index (χ1) is 9.43. The van der Waals surface area contributed by atoms with E-state index in [0.29, 0.717) is 22.9 Å². The van der Waals surface area contributed by atoms with Crippen molar-refractivity contribution < 1.29 is 9.53 Å². The number of nitrogens with two attached hydrogens (primary N) is 1. The van der Waals surface area contributed by atoms with Gasteiger partial charge in [-0.05, 0) is 37.5 Å². The number of methoxy groups -OCH3 is 1. The molecule has 0 fully saturated rings. The zero-order valence-corrected chi connectivity index (χ0v) is 12.9. The Morgan fingerprint density at radius 1 is 1.30 bits per heavy atom. The van der Waals surface area contributed by atoms with Gasteiger partial charge in [0.05, 0.1) is 12.7 Å². The quantitative estimate of drug-likeness (QED) is 0.753. The Hall–Kier alpha value is -1.71. The molecule has 1 amide bonds. The van der Waals surface area contributed by atoms with Crippen LogP contribution in [-0.4, -0.2) is 19.1 Å². The summed E-state index contributed by atoms with van der Waals surface area (Å²) in [5, 5.41) is 2.99. The van der Waals surface area contributed by atoms with Crippen molar-refractivity contribution in [1.29, 1.82) is 0 Å². The van der Waals surface area contributed by atoms with Gasteiger partial charge in [-0.2, -0.15) is 0 Å². The normalized spacial score (nSPS) is 12.2. The molecule has 112 valence electrons. The van der Waals surface area contributed by atoms with Crippen LogP contribution in [0.4, 0.5) is 5.69 Å². The first kappa shape index (κ1) is 16.3. The van der Waals surface area contributed by atoms with Gasteiger partial charge in [0.1, 0.15) is 5.75 Å². The molecule has 20 heavy (non-hydrogen) atoms. The fourth-order valence-corrected chi connectivity index (χ4v) is 2.07. The molecular formula is C16H26N2O2. The summed E-state index contributed by atoms with van der Waals surface area (Å²) in [4.78, 5) is 12.2. The maximum absolute atomic E-state index is 12.2. The molecule has 0 aliphatic heterocycles. The predicted octanol–water partition coefficient (Wildman–Crippen LogP) is 3.22. The Balaban J connectivity index is 2.57. The molecule has 0 aliphatic carbocycles. The van der Waals surface area contributed by atoms with E-state index in [-0.39, 0.29) is 11.9 Å². The Kier molecular flexibility index (Phi) is 6.36. The maximum Gasteiger partial charge on any atom is 0.253 e. The molecular weight excluding hydrogens is 252 g/mol. The molecule has 3 N–H and O–H groups in total. The Morgan fingerprint density at radius 2 is 2.00 bits per heavy atom. The highest BCUT2D eigenvalue weighted by molar-refractivity contribution is 5.99. The van der Waals surface area contributed by atoms with E-state index in [4.69, 9.17) is 10.5 Å². The van der Waals surface area contributed by atoms with Crippen molar-refractivity contribution in [3.05, 3.63) is 23.8 Å². The largest absolute Gasteiger partial charge is 0.497 e. The van der Waals surface area contributed by atoms with Gasteiger partial charge in [0.2, 0.25) is 0 Å². The monoisotopic (exact) mass is 278 g/mol. The zero-order valence-electron chi connectivity index (χ0n) is 12.9. The van der Waals surface area contributed by atoms with Crippen LogP contribution in [0.15, 0.2) is 18.2 Å². The summed E-state index contributed by atoms with van der Waals surface area (Å²) in [6.45, 7) is 6.44. The van der Waals surface area contributed by atoms with Gasteiger partial charge in [-0.1, -0.05) is 26.7 Å². The van der Waals surface area contributed by atoms with Crippen LogP contribution >= 0.6 is 0 Å². The van der Waals surface area contributed by atoms with E-state index in [2.05, 4.69) is 19.2 Å². The lowest BCUT2D eigenvalue weighted by atomic mass is 10.0. The average molecular weight is 278 g/mol. The molecule has 1 aromatic rings. The molecule has 0 saturated carbocycles. The van der Waals surface area contributed by atoms with Crippen molar-refractivity contribution in [2.75, 3.05) is 12.8 Å². The molecule has 0 aromatic heterocycles. The van der Waals surface area contributed by atoms with Crippen LogP contribution in [0.5, 0.6) is 5.75 Å². The molecule has 0 saturated heterocycles. The van der Waals surface area contributed by atoms with Gasteiger partial charge in [-0.15, -0.1) is 0 Å². The number of anilines is 1. The number of amides is 1. The second kappa shape index (κ2) is 7.78. The molecule has 1 aromatic carbocycles. The summed E-state index contributed by atoms with van der Waals surface area (Å²) >= 11 is 0. The minimum Gasteiger partial charge on any atom is -0.497 e. The summed E-state index contributed by atoms with van der Waals surface area (Å²) < 4.78 is 5.12. The Bertz CT molecular complexity index is 444. The molecule has 0 bridgehead atoms. The van der Waals surface area contributed by atoms with E-state index in [1.54, 1.807) is 25.3 Å². The van der Waals surface area contributed by atoms with E-state index < -0.39 is 0 Å². The lowest BCUT2D eigenvalue weighted by Crippen LogP contribution is -2.33. The van der Waals surface area contributed by atoms with Crippen molar-refractivity contribution in [2.24, 2.45) is 5.92 Å². The maximum atomic E-state index is 12.2. The third-order valence-corrected chi connectivity index (χ3v) is 3.30. The number of carbonyl (C=O) groups excluding carboxylic acids is 1. The molecule has 0 radical (unpaired) electrons. The fourth-order valence-electron chi connectivity index (χ4n) is 2.07. The van der Waals surface area contributed by atoms with Crippen LogP contribution in [0.3, 0.4) is 0 Å². The molecule has 1 unspecified atom stereocenters. The van der Waals surface area contributed by atoms with E-state index in [9.17, 15) is 4.79 Å². The van der Waals surface area contributed by atoms with Crippen molar-refractivity contribution >= 4 is 11.6 Å². The minimum absolute atomic E-state index is 0.140. The van der Waals surface area contributed by atoms with Crippen LogP contribution in [0.1, 0.15) is 50.4 Å². The highest BCUT2D eigenvalue weighted by Gasteiger charge is 2.13. The van der Waals surface area contributed by atoms with Gasteiger partial charge in [-0.3, -0.25) is 4.79 Å². The summed E-state index contributed by atoms with van der Waals surface area (Å²) in [5.74, 6) is 1.20. The van der Waals surface area contributed by atoms with Crippen LogP contribution in [-0.2, 0) is 0 Å². The number of rotatable bonds is 7. The van der Waals surface area contributed by atoms with Gasteiger partial charge in [0.15, 0.2) is 0 Å². The number of hydrogen-bond donors (Lipinski definition) is 2. The average Bonchev–Trinajstić information content (AvgIpc) is 2.38. The van der Waals surface area contributed by atoms with Crippen molar-refractivity contribution in [1.82, 2.24) is 5.32 Å². The third kappa shape index (κ3) is 5.11. The van der Waals surface area contributed by atoms with Gasteiger partial charge in [0, 0.05) is 11.7 Å². The number of carbonyl (C=O) groups is 1. The summed E-state index contributed by atoms with van der Waals surface area (Å²) in [6.07, 6.45) is 3.28. The van der Waals surface area contributed by atoms with Gasteiger partial charge >= 0.3 is 0 Å². The number of benzene rings is 1. The van der Waals surface area contributed by atoms with E-state index >= 15 is 0 Å². The second-order valence-corrected chi connectivity index (χ2v) is 5.65. The van der Waals surface area contributed by atoms with Crippen molar-refractivity contribution in [2.45, 2.75) is 46.1 Å². The smallest absolute Gasteiger partial charge is 0.253 e. The number of hydrogen-bond acceptors (Lipinski definition) is 3. The first-order valence-corrected chi connectivity index (χ1v) is 7.18. The van der Waals surface area contributed by atoms with E-state index in [1.165, 1.54) is 6.42 Å². The van der Waals surface area contributed by atoms with Crippen LogP contribution in [0, 0.1) is 5.92 Å². The van der Waals surface area contributed by atoms with E-state index in [1.807, 2.05) is 6.92 Å². The zero-order chi connectivity index (χ0) is 15.1. The second-order valence-electron chi connectivity index (χ2n) is 5.65. The number of nitrogens with one attached hydrogen (secondary N) is 1. The molecule has 4 nitrogen and oxygen atoms in total. The minimum atomic E-state index is -0.140.